The Labute approximate surface area is 157 Å². The van der Waals surface area contributed by atoms with Gasteiger partial charge in [0.15, 0.2) is 5.17 Å². The zero-order chi connectivity index (χ0) is 17.5. The van der Waals surface area contributed by atoms with Gasteiger partial charge in [-0.1, -0.05) is 24.1 Å². The molecule has 0 bridgehead atoms. The fourth-order valence-electron chi connectivity index (χ4n) is 3.76. The predicted molar refractivity (Wildman–Crippen MR) is 108 cm³/mol. The van der Waals surface area contributed by atoms with Crippen molar-refractivity contribution in [3.8, 4) is 23.0 Å². The van der Waals surface area contributed by atoms with E-state index in [-0.39, 0.29) is 5.54 Å². The van der Waals surface area contributed by atoms with Crippen molar-refractivity contribution >= 4 is 28.3 Å². The zero-order valence-electron chi connectivity index (χ0n) is 14.5. The average molecular weight is 368 g/mol. The summed E-state index contributed by atoms with van der Waals surface area (Å²) in [5, 5.41) is 2.94. The summed E-state index contributed by atoms with van der Waals surface area (Å²) >= 11 is 3.56. The average Bonchev–Trinajstić information content (AvgIpc) is 3.04. The maximum Gasteiger partial charge on any atom is 0.155 e. The van der Waals surface area contributed by atoms with Crippen molar-refractivity contribution in [2.75, 3.05) is 0 Å². The highest BCUT2D eigenvalue weighted by Gasteiger charge is 2.48. The lowest BCUT2D eigenvalue weighted by Crippen LogP contribution is -2.45. The molecule has 5 heteroatoms. The van der Waals surface area contributed by atoms with Gasteiger partial charge in [-0.2, -0.15) is 0 Å². The standard InChI is InChI=1S/C20H21N3S2/c1-3-5-14-8-15(11-22-10-14)16-9-17(24-12-16)19(2)13-20(6-4-7-20)25-18(21)23-19/h8-12H,4,6-7,13H2,1-2H3,(H2,21,23). The number of amidine groups is 1. The highest BCUT2D eigenvalue weighted by Crippen LogP contribution is 2.55. The Morgan fingerprint density at radius 1 is 1.20 bits per heavy atom. The number of aliphatic imine (C=N–C) groups is 1. The fraction of sp³-hybridized carbons (Fsp3) is 0.400. The number of pyridine rings is 1. The summed E-state index contributed by atoms with van der Waals surface area (Å²) in [6.45, 7) is 4.07. The summed E-state index contributed by atoms with van der Waals surface area (Å²) in [6.07, 6.45) is 8.59. The van der Waals surface area contributed by atoms with Gasteiger partial charge in [-0.3, -0.25) is 9.98 Å². The third-order valence-electron chi connectivity index (χ3n) is 5.08. The predicted octanol–water partition coefficient (Wildman–Crippen LogP) is 4.77. The molecule has 0 radical (unpaired) electrons. The summed E-state index contributed by atoms with van der Waals surface area (Å²) in [6, 6.07) is 4.35. The van der Waals surface area contributed by atoms with Gasteiger partial charge in [0.2, 0.25) is 0 Å². The minimum Gasteiger partial charge on any atom is -0.378 e. The van der Waals surface area contributed by atoms with Gasteiger partial charge in [-0.05, 0) is 56.2 Å². The molecule has 0 saturated heterocycles. The van der Waals surface area contributed by atoms with Gasteiger partial charge >= 0.3 is 0 Å². The van der Waals surface area contributed by atoms with E-state index in [1.165, 1.54) is 29.7 Å². The van der Waals surface area contributed by atoms with E-state index in [0.717, 1.165) is 22.7 Å². The molecule has 2 aromatic heterocycles. The number of nitrogens with two attached hydrogens (primary N) is 1. The van der Waals surface area contributed by atoms with E-state index in [1.54, 1.807) is 29.3 Å². The van der Waals surface area contributed by atoms with Crippen molar-refractivity contribution in [3.63, 3.8) is 0 Å². The van der Waals surface area contributed by atoms with E-state index in [0.29, 0.717) is 4.75 Å². The van der Waals surface area contributed by atoms with Crippen molar-refractivity contribution in [3.05, 3.63) is 40.3 Å². The van der Waals surface area contributed by atoms with E-state index >= 15 is 0 Å². The molecule has 3 nitrogen and oxygen atoms in total. The molecule has 1 atom stereocenters. The van der Waals surface area contributed by atoms with E-state index in [9.17, 15) is 0 Å². The molecule has 1 fully saturated rings. The lowest BCUT2D eigenvalue weighted by atomic mass is 9.75. The second-order valence-electron chi connectivity index (χ2n) is 7.08. The Kier molecular flexibility index (Phi) is 4.13. The molecule has 1 spiro atoms. The van der Waals surface area contributed by atoms with Crippen molar-refractivity contribution in [1.82, 2.24) is 4.98 Å². The first kappa shape index (κ1) is 16.7. The first-order chi connectivity index (χ1) is 12.0. The topological polar surface area (TPSA) is 51.3 Å². The lowest BCUT2D eigenvalue weighted by molar-refractivity contribution is 0.274. The van der Waals surface area contributed by atoms with Gasteiger partial charge in [-0.15, -0.1) is 17.3 Å². The molecular weight excluding hydrogens is 346 g/mol. The number of hydrogen-bond donors (Lipinski definition) is 1. The molecule has 1 aliphatic heterocycles. The molecule has 0 amide bonds. The largest absolute Gasteiger partial charge is 0.378 e. The van der Waals surface area contributed by atoms with Crippen LogP contribution < -0.4 is 5.73 Å². The first-order valence-corrected chi connectivity index (χ1v) is 10.2. The number of thioether (sulfide) groups is 1. The lowest BCUT2D eigenvalue weighted by Gasteiger charge is -2.48. The Hall–Kier alpha value is -1.77. The minimum atomic E-state index is -0.215. The van der Waals surface area contributed by atoms with E-state index in [4.69, 9.17) is 10.7 Å². The van der Waals surface area contributed by atoms with Crippen LogP contribution in [0, 0.1) is 11.8 Å². The van der Waals surface area contributed by atoms with Crippen LogP contribution in [0.2, 0.25) is 0 Å². The molecule has 3 heterocycles. The van der Waals surface area contributed by atoms with E-state index < -0.39 is 0 Å². The van der Waals surface area contributed by atoms with Crippen LogP contribution >= 0.6 is 23.1 Å². The zero-order valence-corrected chi connectivity index (χ0v) is 16.1. The summed E-state index contributed by atoms with van der Waals surface area (Å²) in [7, 11) is 0. The minimum absolute atomic E-state index is 0.215. The van der Waals surface area contributed by atoms with Crippen LogP contribution in [0.3, 0.4) is 0 Å². The third kappa shape index (κ3) is 3.09. The summed E-state index contributed by atoms with van der Waals surface area (Å²) in [5.74, 6) is 6.01. The number of thiophene rings is 1. The Bertz CT molecular complexity index is 899. The summed E-state index contributed by atoms with van der Waals surface area (Å²) in [5.41, 5.74) is 9.22. The maximum atomic E-state index is 6.20. The van der Waals surface area contributed by atoms with Crippen LogP contribution in [-0.2, 0) is 5.54 Å². The van der Waals surface area contributed by atoms with Gasteiger partial charge in [0.05, 0.1) is 5.54 Å². The van der Waals surface area contributed by atoms with Crippen molar-refractivity contribution < 1.29 is 0 Å². The highest BCUT2D eigenvalue weighted by molar-refractivity contribution is 8.15. The van der Waals surface area contributed by atoms with Crippen LogP contribution in [0.1, 0.15) is 50.0 Å². The van der Waals surface area contributed by atoms with Crippen molar-refractivity contribution in [2.45, 2.75) is 49.8 Å². The number of nitrogens with zero attached hydrogens (tertiary/aromatic N) is 2. The molecule has 4 rings (SSSR count). The second-order valence-corrected chi connectivity index (χ2v) is 9.48. The Morgan fingerprint density at radius 3 is 2.76 bits per heavy atom. The summed E-state index contributed by atoms with van der Waals surface area (Å²) < 4.78 is 0.308. The fourth-order valence-corrected chi connectivity index (χ4v) is 6.33. The van der Waals surface area contributed by atoms with Crippen LogP contribution in [0.4, 0.5) is 0 Å². The number of aromatic nitrogens is 1. The third-order valence-corrected chi connectivity index (χ3v) is 7.55. The summed E-state index contributed by atoms with van der Waals surface area (Å²) in [4.78, 5) is 10.5. The number of hydrogen-bond acceptors (Lipinski definition) is 5. The molecular formula is C20H21N3S2. The maximum absolute atomic E-state index is 6.20. The van der Waals surface area contributed by atoms with Gasteiger partial charge in [0.1, 0.15) is 0 Å². The molecule has 2 aromatic rings. The van der Waals surface area contributed by atoms with Gasteiger partial charge in [0, 0.05) is 33.1 Å². The second kappa shape index (κ2) is 6.19. The van der Waals surface area contributed by atoms with Crippen LogP contribution in [0.15, 0.2) is 34.9 Å². The molecule has 128 valence electrons. The van der Waals surface area contributed by atoms with Crippen LogP contribution in [-0.4, -0.2) is 14.9 Å². The monoisotopic (exact) mass is 367 g/mol. The Morgan fingerprint density at radius 2 is 2.04 bits per heavy atom. The van der Waals surface area contributed by atoms with E-state index in [1.807, 2.05) is 13.1 Å². The van der Waals surface area contributed by atoms with Gasteiger partial charge < -0.3 is 5.73 Å². The molecule has 1 unspecified atom stereocenters. The van der Waals surface area contributed by atoms with Crippen LogP contribution in [0.25, 0.3) is 11.1 Å². The Balaban J connectivity index is 1.67. The quantitative estimate of drug-likeness (QED) is 0.778. The van der Waals surface area contributed by atoms with Crippen molar-refractivity contribution in [2.24, 2.45) is 10.7 Å². The van der Waals surface area contributed by atoms with Crippen LogP contribution in [0.5, 0.6) is 0 Å². The molecule has 1 saturated carbocycles. The molecule has 1 aliphatic carbocycles. The molecule has 25 heavy (non-hydrogen) atoms. The van der Waals surface area contributed by atoms with Gasteiger partial charge in [0.25, 0.3) is 0 Å². The van der Waals surface area contributed by atoms with Crippen molar-refractivity contribution in [1.29, 1.82) is 0 Å². The smallest absolute Gasteiger partial charge is 0.155 e. The van der Waals surface area contributed by atoms with E-state index in [2.05, 4.69) is 41.3 Å². The molecule has 2 N–H and O–H groups in total. The first-order valence-electron chi connectivity index (χ1n) is 8.54. The normalized spacial score (nSPS) is 24.2. The molecule has 0 aromatic carbocycles. The number of rotatable bonds is 2. The molecule has 2 aliphatic rings. The highest BCUT2D eigenvalue weighted by atomic mass is 32.2. The SMILES string of the molecule is CC#Cc1cncc(-c2csc(C3(C)CC4(CCC4)SC(N)=N3)c2)c1. The van der Waals surface area contributed by atoms with Gasteiger partial charge in [-0.25, -0.2) is 0 Å².